The third-order valence-electron chi connectivity index (χ3n) is 4.74. The van der Waals surface area contributed by atoms with E-state index in [0.717, 1.165) is 25.3 Å². The number of piperidine rings is 1. The van der Waals surface area contributed by atoms with Gasteiger partial charge in [0.2, 0.25) is 0 Å². The summed E-state index contributed by atoms with van der Waals surface area (Å²) in [5.74, 6) is 1.41. The van der Waals surface area contributed by atoms with Crippen molar-refractivity contribution in [1.29, 1.82) is 0 Å². The molecule has 1 aromatic rings. The average molecular weight is 274 g/mol. The summed E-state index contributed by atoms with van der Waals surface area (Å²) in [4.78, 5) is 2.56. The Balaban J connectivity index is 1.72. The van der Waals surface area contributed by atoms with Crippen LogP contribution in [0.4, 0.5) is 0 Å². The van der Waals surface area contributed by atoms with Crippen molar-refractivity contribution in [2.45, 2.75) is 38.6 Å². The highest BCUT2D eigenvalue weighted by molar-refractivity contribution is 5.41. The van der Waals surface area contributed by atoms with E-state index in [9.17, 15) is 0 Å². The fourth-order valence-corrected chi connectivity index (χ4v) is 3.40. The summed E-state index contributed by atoms with van der Waals surface area (Å²) in [5.41, 5.74) is 9.08. The van der Waals surface area contributed by atoms with Crippen molar-refractivity contribution in [3.63, 3.8) is 0 Å². The summed E-state index contributed by atoms with van der Waals surface area (Å²) < 4.78 is 5.94. The lowest BCUT2D eigenvalue weighted by Crippen LogP contribution is -2.42. The minimum atomic E-state index is 0.118. The molecule has 0 spiro atoms. The van der Waals surface area contributed by atoms with E-state index < -0.39 is 0 Å². The third kappa shape index (κ3) is 2.84. The van der Waals surface area contributed by atoms with E-state index in [2.05, 4.69) is 30.0 Å². The summed E-state index contributed by atoms with van der Waals surface area (Å²) >= 11 is 0. The number of hydrogen-bond acceptors (Lipinski definition) is 3. The number of fused-ring (bicyclic) bond motifs is 1. The van der Waals surface area contributed by atoms with Crippen LogP contribution in [0, 0.1) is 5.92 Å². The van der Waals surface area contributed by atoms with E-state index in [1.807, 2.05) is 0 Å². The minimum Gasteiger partial charge on any atom is -0.493 e. The molecule has 2 heterocycles. The van der Waals surface area contributed by atoms with Crippen LogP contribution in [0.2, 0.25) is 0 Å². The molecule has 2 N–H and O–H groups in total. The van der Waals surface area contributed by atoms with Crippen molar-refractivity contribution in [1.82, 2.24) is 4.90 Å². The van der Waals surface area contributed by atoms with E-state index in [0.29, 0.717) is 5.92 Å². The second-order valence-corrected chi connectivity index (χ2v) is 6.18. The zero-order valence-electron chi connectivity index (χ0n) is 12.5. The summed E-state index contributed by atoms with van der Waals surface area (Å²) in [6.45, 7) is 6.48. The zero-order valence-corrected chi connectivity index (χ0v) is 12.5. The fourth-order valence-electron chi connectivity index (χ4n) is 3.40. The Morgan fingerprint density at radius 2 is 2.05 bits per heavy atom. The Kier molecular flexibility index (Phi) is 4.27. The van der Waals surface area contributed by atoms with Gasteiger partial charge in [-0.1, -0.05) is 25.5 Å². The van der Waals surface area contributed by atoms with Gasteiger partial charge in [0.25, 0.3) is 0 Å². The van der Waals surface area contributed by atoms with Crippen LogP contribution in [-0.4, -0.2) is 31.1 Å². The Morgan fingerprint density at radius 3 is 2.80 bits per heavy atom. The Morgan fingerprint density at radius 1 is 1.25 bits per heavy atom. The van der Waals surface area contributed by atoms with Crippen LogP contribution in [0.25, 0.3) is 0 Å². The van der Waals surface area contributed by atoms with Gasteiger partial charge in [-0.3, -0.25) is 0 Å². The predicted octanol–water partition coefficient (Wildman–Crippen LogP) is 2.74. The number of benzene rings is 1. The second-order valence-electron chi connectivity index (χ2n) is 6.18. The molecular formula is C17H26N2O. The third-order valence-corrected chi connectivity index (χ3v) is 4.74. The monoisotopic (exact) mass is 274 g/mol. The predicted molar refractivity (Wildman–Crippen MR) is 82.0 cm³/mol. The highest BCUT2D eigenvalue weighted by Gasteiger charge is 2.30. The molecule has 2 aliphatic rings. The largest absolute Gasteiger partial charge is 0.493 e. The van der Waals surface area contributed by atoms with Crippen LogP contribution < -0.4 is 10.5 Å². The molecule has 3 heteroatoms. The summed E-state index contributed by atoms with van der Waals surface area (Å²) in [5, 5.41) is 0. The first kappa shape index (κ1) is 13.9. The number of aryl methyl sites for hydroxylation is 1. The van der Waals surface area contributed by atoms with E-state index in [1.54, 1.807) is 0 Å². The van der Waals surface area contributed by atoms with Crippen molar-refractivity contribution in [3.05, 3.63) is 29.3 Å². The molecule has 1 fully saturated rings. The Hall–Kier alpha value is -1.06. The van der Waals surface area contributed by atoms with Crippen molar-refractivity contribution >= 4 is 0 Å². The standard InChI is InChI=1S/C17H26N2O/c1-2-13-6-7-16-15(10-13)17(18)14(12-20-16)11-19-8-4-3-5-9-19/h6-7,10,14,17H,2-5,8-9,11-12,18H2,1H3. The molecule has 20 heavy (non-hydrogen) atoms. The van der Waals surface area contributed by atoms with Crippen LogP contribution in [-0.2, 0) is 6.42 Å². The molecule has 0 aliphatic carbocycles. The van der Waals surface area contributed by atoms with Gasteiger partial charge in [-0.15, -0.1) is 0 Å². The van der Waals surface area contributed by atoms with Gasteiger partial charge in [-0.05, 0) is 44.0 Å². The molecular weight excluding hydrogens is 248 g/mol. The first-order valence-electron chi connectivity index (χ1n) is 8.01. The molecule has 2 aliphatic heterocycles. The summed E-state index contributed by atoms with van der Waals surface area (Å²) in [6.07, 6.45) is 5.10. The van der Waals surface area contributed by atoms with E-state index in [-0.39, 0.29) is 6.04 Å². The van der Waals surface area contributed by atoms with Gasteiger partial charge in [0.1, 0.15) is 5.75 Å². The van der Waals surface area contributed by atoms with Gasteiger partial charge in [-0.2, -0.15) is 0 Å². The molecule has 3 nitrogen and oxygen atoms in total. The van der Waals surface area contributed by atoms with E-state index in [4.69, 9.17) is 10.5 Å². The number of nitrogens with two attached hydrogens (primary N) is 1. The van der Waals surface area contributed by atoms with Crippen molar-refractivity contribution < 1.29 is 4.74 Å². The Bertz CT molecular complexity index is 454. The van der Waals surface area contributed by atoms with Crippen LogP contribution in [0.5, 0.6) is 5.75 Å². The Labute approximate surface area is 122 Å². The van der Waals surface area contributed by atoms with Gasteiger partial charge in [0.15, 0.2) is 0 Å². The number of rotatable bonds is 3. The zero-order chi connectivity index (χ0) is 13.9. The second kappa shape index (κ2) is 6.15. The van der Waals surface area contributed by atoms with Crippen molar-refractivity contribution in [2.24, 2.45) is 11.7 Å². The highest BCUT2D eigenvalue weighted by atomic mass is 16.5. The summed E-state index contributed by atoms with van der Waals surface area (Å²) in [7, 11) is 0. The molecule has 3 rings (SSSR count). The number of ether oxygens (including phenoxy) is 1. The summed E-state index contributed by atoms with van der Waals surface area (Å²) in [6, 6.07) is 6.59. The normalized spacial score (nSPS) is 26.9. The lowest BCUT2D eigenvalue weighted by atomic mass is 9.89. The first-order valence-corrected chi connectivity index (χ1v) is 8.01. The molecule has 0 bridgehead atoms. The van der Waals surface area contributed by atoms with Gasteiger partial charge in [-0.25, -0.2) is 0 Å². The highest BCUT2D eigenvalue weighted by Crippen LogP contribution is 2.35. The number of likely N-dealkylation sites (tertiary alicyclic amines) is 1. The lowest BCUT2D eigenvalue weighted by Gasteiger charge is -2.36. The molecule has 110 valence electrons. The maximum absolute atomic E-state index is 6.52. The molecule has 0 saturated carbocycles. The van der Waals surface area contributed by atoms with Gasteiger partial charge >= 0.3 is 0 Å². The van der Waals surface area contributed by atoms with Gasteiger partial charge in [0, 0.05) is 24.1 Å². The van der Waals surface area contributed by atoms with Crippen LogP contribution in [0.15, 0.2) is 18.2 Å². The molecule has 0 radical (unpaired) electrons. The maximum Gasteiger partial charge on any atom is 0.124 e. The lowest BCUT2D eigenvalue weighted by molar-refractivity contribution is 0.125. The molecule has 1 aromatic carbocycles. The SMILES string of the molecule is CCc1ccc2c(c1)C(N)C(CN1CCCCC1)CO2. The van der Waals surface area contributed by atoms with Crippen LogP contribution in [0.1, 0.15) is 43.4 Å². The smallest absolute Gasteiger partial charge is 0.124 e. The average Bonchev–Trinajstić information content (AvgIpc) is 2.51. The number of nitrogens with zero attached hydrogens (tertiary/aromatic N) is 1. The van der Waals surface area contributed by atoms with Crippen LogP contribution in [0.3, 0.4) is 0 Å². The van der Waals surface area contributed by atoms with E-state index in [1.165, 1.54) is 43.5 Å². The van der Waals surface area contributed by atoms with E-state index >= 15 is 0 Å². The first-order chi connectivity index (χ1) is 9.78. The number of hydrogen-bond donors (Lipinski definition) is 1. The van der Waals surface area contributed by atoms with Crippen molar-refractivity contribution in [3.8, 4) is 5.75 Å². The molecule has 1 saturated heterocycles. The maximum atomic E-state index is 6.52. The van der Waals surface area contributed by atoms with Crippen molar-refractivity contribution in [2.75, 3.05) is 26.2 Å². The van der Waals surface area contributed by atoms with Gasteiger partial charge < -0.3 is 15.4 Å². The topological polar surface area (TPSA) is 38.5 Å². The molecule has 0 amide bonds. The molecule has 0 aromatic heterocycles. The minimum absolute atomic E-state index is 0.118. The van der Waals surface area contributed by atoms with Gasteiger partial charge in [0.05, 0.1) is 6.61 Å². The van der Waals surface area contributed by atoms with Crippen LogP contribution >= 0.6 is 0 Å². The molecule has 2 atom stereocenters. The quantitative estimate of drug-likeness (QED) is 0.921. The fraction of sp³-hybridized carbons (Fsp3) is 0.647. The molecule has 2 unspecified atom stereocenters.